The molecule has 18 heavy (non-hydrogen) atoms. The monoisotopic (exact) mass is 250 g/mol. The molecule has 4 heteroatoms. The van der Waals surface area contributed by atoms with Crippen LogP contribution in [0.3, 0.4) is 0 Å². The molecule has 1 rings (SSSR count). The van der Waals surface area contributed by atoms with Gasteiger partial charge in [-0.05, 0) is 58.3 Å². The Labute approximate surface area is 109 Å². The highest BCUT2D eigenvalue weighted by molar-refractivity contribution is 5.87. The number of hydrogen-bond acceptors (Lipinski definition) is 3. The van der Waals surface area contributed by atoms with Crippen LogP contribution < -0.4 is 0 Å². The van der Waals surface area contributed by atoms with E-state index in [9.17, 15) is 4.79 Å². The molecule has 100 valence electrons. The quantitative estimate of drug-likeness (QED) is 0.801. The standard InChI is InChI=1S/C14H22N2O2/c1-15(2)8-5-9-16(3)11-12-6-4-7-13(10-12)14(17)18/h4,6-7,10H,5,8-9,11H2,1-3H3,(H,17,18). The normalized spacial score (nSPS) is 11.2. The molecule has 0 bridgehead atoms. The first-order valence-corrected chi connectivity index (χ1v) is 6.14. The van der Waals surface area contributed by atoms with E-state index in [4.69, 9.17) is 5.11 Å². The van der Waals surface area contributed by atoms with Crippen molar-refractivity contribution >= 4 is 5.97 Å². The number of aromatic carboxylic acids is 1. The zero-order chi connectivity index (χ0) is 13.5. The van der Waals surface area contributed by atoms with Crippen LogP contribution in [-0.2, 0) is 6.54 Å². The van der Waals surface area contributed by atoms with E-state index in [0.717, 1.165) is 31.6 Å². The van der Waals surface area contributed by atoms with Crippen LogP contribution in [0.4, 0.5) is 0 Å². The minimum absolute atomic E-state index is 0.356. The lowest BCUT2D eigenvalue weighted by Gasteiger charge is -2.18. The fraction of sp³-hybridized carbons (Fsp3) is 0.500. The van der Waals surface area contributed by atoms with Gasteiger partial charge in [-0.25, -0.2) is 4.79 Å². The molecule has 0 aliphatic carbocycles. The van der Waals surface area contributed by atoms with Crippen LogP contribution in [0.2, 0.25) is 0 Å². The second-order valence-electron chi connectivity index (χ2n) is 4.90. The van der Waals surface area contributed by atoms with Gasteiger partial charge in [0.2, 0.25) is 0 Å². The maximum absolute atomic E-state index is 10.9. The van der Waals surface area contributed by atoms with E-state index in [1.54, 1.807) is 18.2 Å². The molecule has 0 aromatic heterocycles. The molecule has 0 amide bonds. The van der Waals surface area contributed by atoms with Crippen LogP contribution in [0, 0.1) is 0 Å². The number of hydrogen-bond donors (Lipinski definition) is 1. The van der Waals surface area contributed by atoms with Crippen molar-refractivity contribution in [1.82, 2.24) is 9.80 Å². The minimum Gasteiger partial charge on any atom is -0.478 e. The predicted octanol–water partition coefficient (Wildman–Crippen LogP) is 1.77. The van der Waals surface area contributed by atoms with Gasteiger partial charge in [-0.3, -0.25) is 0 Å². The van der Waals surface area contributed by atoms with E-state index < -0.39 is 5.97 Å². The largest absolute Gasteiger partial charge is 0.478 e. The second-order valence-corrected chi connectivity index (χ2v) is 4.90. The van der Waals surface area contributed by atoms with Crippen molar-refractivity contribution < 1.29 is 9.90 Å². The lowest BCUT2D eigenvalue weighted by atomic mass is 10.1. The fourth-order valence-electron chi connectivity index (χ4n) is 1.85. The van der Waals surface area contributed by atoms with Crippen molar-refractivity contribution in [2.75, 3.05) is 34.2 Å². The van der Waals surface area contributed by atoms with Crippen LogP contribution in [0.5, 0.6) is 0 Å². The van der Waals surface area contributed by atoms with Crippen molar-refractivity contribution in [2.24, 2.45) is 0 Å². The van der Waals surface area contributed by atoms with E-state index in [0.29, 0.717) is 5.56 Å². The molecule has 1 N–H and O–H groups in total. The summed E-state index contributed by atoms with van der Waals surface area (Å²) in [7, 11) is 6.19. The number of carboxylic acids is 1. The molecule has 0 unspecified atom stereocenters. The van der Waals surface area contributed by atoms with Gasteiger partial charge in [0.05, 0.1) is 5.56 Å². The molecule has 0 fully saturated rings. The summed E-state index contributed by atoms with van der Waals surface area (Å²) >= 11 is 0. The topological polar surface area (TPSA) is 43.8 Å². The molecule has 0 atom stereocenters. The van der Waals surface area contributed by atoms with E-state index in [-0.39, 0.29) is 0 Å². The number of benzene rings is 1. The van der Waals surface area contributed by atoms with E-state index in [1.165, 1.54) is 0 Å². The first-order valence-electron chi connectivity index (χ1n) is 6.14. The molecule has 0 heterocycles. The fourth-order valence-corrected chi connectivity index (χ4v) is 1.85. The molecule has 0 saturated heterocycles. The first kappa shape index (κ1) is 14.7. The SMILES string of the molecule is CN(C)CCCN(C)Cc1cccc(C(=O)O)c1. The Balaban J connectivity index is 2.46. The highest BCUT2D eigenvalue weighted by Gasteiger charge is 2.05. The third-order valence-electron chi connectivity index (χ3n) is 2.77. The summed E-state index contributed by atoms with van der Waals surface area (Å²) < 4.78 is 0. The average Bonchev–Trinajstić information content (AvgIpc) is 2.28. The Kier molecular flexibility index (Phi) is 5.82. The van der Waals surface area contributed by atoms with E-state index in [2.05, 4.69) is 30.9 Å². The van der Waals surface area contributed by atoms with Crippen molar-refractivity contribution in [2.45, 2.75) is 13.0 Å². The van der Waals surface area contributed by atoms with Crippen molar-refractivity contribution in [3.8, 4) is 0 Å². The molecule has 1 aromatic carbocycles. The Morgan fingerprint density at radius 1 is 1.22 bits per heavy atom. The number of carboxylic acid groups (broad SMARTS) is 1. The van der Waals surface area contributed by atoms with Gasteiger partial charge in [0.25, 0.3) is 0 Å². The van der Waals surface area contributed by atoms with Gasteiger partial charge in [0.15, 0.2) is 0 Å². The Morgan fingerprint density at radius 3 is 2.56 bits per heavy atom. The van der Waals surface area contributed by atoms with Crippen molar-refractivity contribution in [3.05, 3.63) is 35.4 Å². The number of nitrogens with zero attached hydrogens (tertiary/aromatic N) is 2. The third kappa shape index (κ3) is 5.29. The highest BCUT2D eigenvalue weighted by Crippen LogP contribution is 2.08. The zero-order valence-electron chi connectivity index (χ0n) is 11.4. The van der Waals surface area contributed by atoms with Crippen molar-refractivity contribution in [3.63, 3.8) is 0 Å². The summed E-state index contributed by atoms with van der Waals surface area (Å²) in [5.41, 5.74) is 1.40. The van der Waals surface area contributed by atoms with Gasteiger partial charge in [-0.1, -0.05) is 12.1 Å². The number of carbonyl (C=O) groups is 1. The molecule has 0 radical (unpaired) electrons. The molecule has 4 nitrogen and oxygen atoms in total. The minimum atomic E-state index is -0.868. The van der Waals surface area contributed by atoms with Crippen molar-refractivity contribution in [1.29, 1.82) is 0 Å². The maximum Gasteiger partial charge on any atom is 0.335 e. The predicted molar refractivity (Wildman–Crippen MR) is 72.9 cm³/mol. The van der Waals surface area contributed by atoms with Gasteiger partial charge in [0, 0.05) is 6.54 Å². The maximum atomic E-state index is 10.9. The smallest absolute Gasteiger partial charge is 0.335 e. The molecule has 0 saturated carbocycles. The summed E-state index contributed by atoms with van der Waals surface area (Å²) in [4.78, 5) is 15.2. The summed E-state index contributed by atoms with van der Waals surface area (Å²) in [5, 5.41) is 8.93. The Bertz CT molecular complexity index is 391. The number of rotatable bonds is 7. The molecular weight excluding hydrogens is 228 g/mol. The molecule has 0 spiro atoms. The van der Waals surface area contributed by atoms with Crippen LogP contribution in [0.1, 0.15) is 22.3 Å². The summed E-state index contributed by atoms with van der Waals surface area (Å²) in [6, 6.07) is 7.13. The molecule has 1 aromatic rings. The second kappa shape index (κ2) is 7.13. The van der Waals surface area contributed by atoms with Gasteiger partial charge in [0.1, 0.15) is 0 Å². The van der Waals surface area contributed by atoms with Crippen LogP contribution in [0.25, 0.3) is 0 Å². The Hall–Kier alpha value is -1.39. The van der Waals surface area contributed by atoms with Crippen LogP contribution in [-0.4, -0.2) is 55.1 Å². The van der Waals surface area contributed by atoms with Gasteiger partial charge in [-0.2, -0.15) is 0 Å². The third-order valence-corrected chi connectivity index (χ3v) is 2.77. The van der Waals surface area contributed by atoms with Gasteiger partial charge < -0.3 is 14.9 Å². The summed E-state index contributed by atoms with van der Waals surface area (Å²) in [6.45, 7) is 2.86. The van der Waals surface area contributed by atoms with E-state index >= 15 is 0 Å². The zero-order valence-corrected chi connectivity index (χ0v) is 11.4. The lowest BCUT2D eigenvalue weighted by molar-refractivity contribution is 0.0696. The molecular formula is C14H22N2O2. The van der Waals surface area contributed by atoms with Crippen LogP contribution in [0.15, 0.2) is 24.3 Å². The van der Waals surface area contributed by atoms with E-state index in [1.807, 2.05) is 6.07 Å². The van der Waals surface area contributed by atoms with Gasteiger partial charge >= 0.3 is 5.97 Å². The molecule has 0 aliphatic heterocycles. The van der Waals surface area contributed by atoms with Gasteiger partial charge in [-0.15, -0.1) is 0 Å². The average molecular weight is 250 g/mol. The summed E-state index contributed by atoms with van der Waals surface area (Å²) in [6.07, 6.45) is 1.11. The summed E-state index contributed by atoms with van der Waals surface area (Å²) in [5.74, 6) is -0.868. The highest BCUT2D eigenvalue weighted by atomic mass is 16.4. The lowest BCUT2D eigenvalue weighted by Crippen LogP contribution is -2.23. The van der Waals surface area contributed by atoms with Crippen LogP contribution >= 0.6 is 0 Å². The molecule has 0 aliphatic rings. The Morgan fingerprint density at radius 2 is 1.94 bits per heavy atom. The first-order chi connectivity index (χ1) is 8.49.